The Kier molecular flexibility index (Phi) is 6.91. The number of hydrogen-bond acceptors (Lipinski definition) is 4. The van der Waals surface area contributed by atoms with Gasteiger partial charge in [-0.3, -0.25) is 4.79 Å². The minimum absolute atomic E-state index is 0.142. The Morgan fingerprint density at radius 2 is 1.94 bits per heavy atom. The molecule has 0 saturated carbocycles. The van der Waals surface area contributed by atoms with E-state index in [9.17, 15) is 4.79 Å². The first kappa shape index (κ1) is 14.5. The molecular formula is C13H22N2O3. The maximum atomic E-state index is 11.4. The lowest BCUT2D eigenvalue weighted by molar-refractivity contribution is 0.271. The molecule has 1 aromatic rings. The van der Waals surface area contributed by atoms with Gasteiger partial charge in [-0.2, -0.15) is 0 Å². The molecule has 102 valence electrons. The topological polar surface area (TPSA) is 64.2 Å². The van der Waals surface area contributed by atoms with Crippen molar-refractivity contribution in [2.75, 3.05) is 13.7 Å². The van der Waals surface area contributed by atoms with Crippen molar-refractivity contribution in [3.63, 3.8) is 0 Å². The number of ether oxygens (including phenoxy) is 2. The van der Waals surface area contributed by atoms with Crippen LogP contribution in [0.5, 0.6) is 11.6 Å². The van der Waals surface area contributed by atoms with Gasteiger partial charge in [0.25, 0.3) is 11.4 Å². The first-order valence-electron chi connectivity index (χ1n) is 6.54. The Morgan fingerprint density at radius 3 is 2.67 bits per heavy atom. The van der Waals surface area contributed by atoms with E-state index in [1.807, 2.05) is 0 Å². The van der Waals surface area contributed by atoms with E-state index in [0.717, 1.165) is 12.8 Å². The normalized spacial score (nSPS) is 10.3. The van der Waals surface area contributed by atoms with Crippen LogP contribution in [0, 0.1) is 0 Å². The molecule has 18 heavy (non-hydrogen) atoms. The summed E-state index contributed by atoms with van der Waals surface area (Å²) in [5.41, 5.74) is -0.314. The molecular weight excluding hydrogens is 232 g/mol. The van der Waals surface area contributed by atoms with Crippen LogP contribution >= 0.6 is 0 Å². The summed E-state index contributed by atoms with van der Waals surface area (Å²) in [5.74, 6) is 0.415. The van der Waals surface area contributed by atoms with Crippen LogP contribution in [0.25, 0.3) is 0 Å². The Bertz CT molecular complexity index is 390. The van der Waals surface area contributed by atoms with Crippen molar-refractivity contribution in [1.82, 2.24) is 9.97 Å². The summed E-state index contributed by atoms with van der Waals surface area (Å²) >= 11 is 0. The van der Waals surface area contributed by atoms with E-state index in [0.29, 0.717) is 6.61 Å². The second-order valence-corrected chi connectivity index (χ2v) is 4.19. The predicted molar refractivity (Wildman–Crippen MR) is 70.3 cm³/mol. The lowest BCUT2D eigenvalue weighted by Gasteiger charge is -2.07. The van der Waals surface area contributed by atoms with Gasteiger partial charge >= 0.3 is 0 Å². The molecule has 5 nitrogen and oxygen atoms in total. The lowest BCUT2D eigenvalue weighted by atomic mass is 10.1. The molecule has 0 atom stereocenters. The second kappa shape index (κ2) is 8.55. The number of hydrogen-bond donors (Lipinski definition) is 1. The van der Waals surface area contributed by atoms with Crippen molar-refractivity contribution in [3.8, 4) is 11.6 Å². The fourth-order valence-corrected chi connectivity index (χ4v) is 1.70. The molecule has 0 spiro atoms. The summed E-state index contributed by atoms with van der Waals surface area (Å²) in [6.45, 7) is 2.77. The summed E-state index contributed by atoms with van der Waals surface area (Å²) in [4.78, 5) is 17.8. The van der Waals surface area contributed by atoms with Crippen LogP contribution in [0.1, 0.15) is 45.4 Å². The fourth-order valence-electron chi connectivity index (χ4n) is 1.70. The van der Waals surface area contributed by atoms with Crippen LogP contribution < -0.4 is 15.0 Å². The van der Waals surface area contributed by atoms with Crippen LogP contribution in [0.4, 0.5) is 0 Å². The average molecular weight is 254 g/mol. The molecule has 1 rings (SSSR count). The maximum Gasteiger partial charge on any atom is 0.297 e. The molecule has 1 aromatic heterocycles. The monoisotopic (exact) mass is 254 g/mol. The lowest BCUT2D eigenvalue weighted by Crippen LogP contribution is -2.12. The van der Waals surface area contributed by atoms with Crippen LogP contribution in [0.15, 0.2) is 11.1 Å². The average Bonchev–Trinajstić information content (AvgIpc) is 2.38. The van der Waals surface area contributed by atoms with Crippen LogP contribution in [0.2, 0.25) is 0 Å². The highest BCUT2D eigenvalue weighted by molar-refractivity contribution is 5.29. The second-order valence-electron chi connectivity index (χ2n) is 4.19. The highest BCUT2D eigenvalue weighted by atomic mass is 16.5. The number of unbranched alkanes of at least 4 members (excludes halogenated alkanes) is 5. The zero-order chi connectivity index (χ0) is 13.2. The first-order valence-corrected chi connectivity index (χ1v) is 6.54. The number of methoxy groups -OCH3 is 1. The molecule has 0 fully saturated rings. The van der Waals surface area contributed by atoms with Gasteiger partial charge in [-0.05, 0) is 6.42 Å². The van der Waals surface area contributed by atoms with Gasteiger partial charge in [-0.15, -0.1) is 0 Å². The van der Waals surface area contributed by atoms with Gasteiger partial charge in [0.15, 0.2) is 0 Å². The standard InChI is InChI=1S/C13H22N2O3/c1-3-4-5-6-7-8-9-18-13-11(17-2)12(16)14-10-15-13/h10H,3-9H2,1-2H3,(H,14,15,16). The summed E-state index contributed by atoms with van der Waals surface area (Å²) in [6, 6.07) is 0. The highest BCUT2D eigenvalue weighted by Crippen LogP contribution is 2.17. The van der Waals surface area contributed by atoms with E-state index in [1.54, 1.807) is 0 Å². The molecule has 0 amide bonds. The molecule has 0 saturated heterocycles. The largest absolute Gasteiger partial charge is 0.487 e. The molecule has 0 aliphatic carbocycles. The highest BCUT2D eigenvalue weighted by Gasteiger charge is 2.09. The first-order chi connectivity index (χ1) is 8.79. The van der Waals surface area contributed by atoms with Gasteiger partial charge in [-0.1, -0.05) is 39.0 Å². The van der Waals surface area contributed by atoms with E-state index in [1.165, 1.54) is 39.1 Å². The minimum atomic E-state index is -0.314. The molecule has 0 radical (unpaired) electrons. The third-order valence-corrected chi connectivity index (χ3v) is 2.72. The van der Waals surface area contributed by atoms with E-state index < -0.39 is 0 Å². The Labute approximate surface area is 108 Å². The SMILES string of the molecule is CCCCCCCCOc1nc[nH]c(=O)c1OC. The molecule has 0 aliphatic rings. The van der Waals surface area contributed by atoms with Gasteiger partial charge in [0.2, 0.25) is 5.75 Å². The minimum Gasteiger partial charge on any atom is -0.487 e. The van der Waals surface area contributed by atoms with Gasteiger partial charge < -0.3 is 14.5 Å². The third kappa shape index (κ3) is 4.77. The van der Waals surface area contributed by atoms with Gasteiger partial charge in [-0.25, -0.2) is 4.98 Å². The zero-order valence-corrected chi connectivity index (χ0v) is 11.2. The molecule has 0 bridgehead atoms. The fraction of sp³-hybridized carbons (Fsp3) is 0.692. The number of rotatable bonds is 9. The van der Waals surface area contributed by atoms with Gasteiger partial charge in [0.1, 0.15) is 0 Å². The summed E-state index contributed by atoms with van der Waals surface area (Å²) < 4.78 is 10.4. The van der Waals surface area contributed by atoms with Crippen molar-refractivity contribution < 1.29 is 9.47 Å². The number of nitrogens with one attached hydrogen (secondary N) is 1. The smallest absolute Gasteiger partial charge is 0.297 e. The maximum absolute atomic E-state index is 11.4. The van der Waals surface area contributed by atoms with Crippen LogP contribution in [-0.2, 0) is 0 Å². The molecule has 0 unspecified atom stereocenters. The molecule has 5 heteroatoms. The zero-order valence-electron chi connectivity index (χ0n) is 11.2. The van der Waals surface area contributed by atoms with E-state index in [4.69, 9.17) is 9.47 Å². The Morgan fingerprint density at radius 1 is 1.22 bits per heavy atom. The van der Waals surface area contributed by atoms with E-state index in [2.05, 4.69) is 16.9 Å². The van der Waals surface area contributed by atoms with Gasteiger partial charge in [0, 0.05) is 0 Å². The summed E-state index contributed by atoms with van der Waals surface area (Å²) in [7, 11) is 1.43. The summed E-state index contributed by atoms with van der Waals surface area (Å²) in [6.07, 6.45) is 8.50. The Hall–Kier alpha value is -1.52. The van der Waals surface area contributed by atoms with Crippen molar-refractivity contribution in [3.05, 3.63) is 16.7 Å². The van der Waals surface area contributed by atoms with Crippen LogP contribution in [-0.4, -0.2) is 23.7 Å². The number of aromatic nitrogens is 2. The quantitative estimate of drug-likeness (QED) is 0.688. The van der Waals surface area contributed by atoms with Gasteiger partial charge in [0.05, 0.1) is 20.0 Å². The summed E-state index contributed by atoms with van der Waals surface area (Å²) in [5, 5.41) is 0. The molecule has 1 N–H and O–H groups in total. The molecule has 1 heterocycles. The molecule has 0 aliphatic heterocycles. The number of aromatic amines is 1. The molecule has 0 aromatic carbocycles. The number of H-pyrrole nitrogens is 1. The van der Waals surface area contributed by atoms with E-state index in [-0.39, 0.29) is 17.2 Å². The number of nitrogens with zero attached hydrogens (tertiary/aromatic N) is 1. The van der Waals surface area contributed by atoms with Crippen molar-refractivity contribution in [2.45, 2.75) is 45.4 Å². The van der Waals surface area contributed by atoms with E-state index >= 15 is 0 Å². The van der Waals surface area contributed by atoms with Crippen molar-refractivity contribution >= 4 is 0 Å². The van der Waals surface area contributed by atoms with Crippen molar-refractivity contribution in [2.24, 2.45) is 0 Å². The van der Waals surface area contributed by atoms with Crippen molar-refractivity contribution in [1.29, 1.82) is 0 Å². The van der Waals surface area contributed by atoms with Crippen LogP contribution in [0.3, 0.4) is 0 Å². The Balaban J connectivity index is 2.27. The third-order valence-electron chi connectivity index (χ3n) is 2.72. The predicted octanol–water partition coefficient (Wildman–Crippen LogP) is 2.52.